The van der Waals surface area contributed by atoms with Crippen molar-refractivity contribution in [1.29, 1.82) is 0 Å². The summed E-state index contributed by atoms with van der Waals surface area (Å²) >= 11 is 1.72. The molecule has 2 heterocycles. The van der Waals surface area contributed by atoms with Gasteiger partial charge in [0.1, 0.15) is 6.04 Å². The second-order valence-electron chi connectivity index (χ2n) is 4.44. The summed E-state index contributed by atoms with van der Waals surface area (Å²) in [5.41, 5.74) is 5.83. The van der Waals surface area contributed by atoms with Gasteiger partial charge in [-0.05, 0) is 31.4 Å². The van der Waals surface area contributed by atoms with Crippen molar-refractivity contribution in [2.45, 2.75) is 43.1 Å². The van der Waals surface area contributed by atoms with Crippen LogP contribution in [0.3, 0.4) is 0 Å². The molecule has 6 heteroatoms. The van der Waals surface area contributed by atoms with Crippen LogP contribution in [0.1, 0.15) is 25.7 Å². The van der Waals surface area contributed by atoms with E-state index in [1.165, 1.54) is 7.11 Å². The Balaban J connectivity index is 2.23. The fourth-order valence-electron chi connectivity index (χ4n) is 2.44. The van der Waals surface area contributed by atoms with Crippen molar-refractivity contribution in [3.63, 3.8) is 0 Å². The summed E-state index contributed by atoms with van der Waals surface area (Å²) in [6.07, 6.45) is 3.26. The molecule has 0 radical (unpaired) electrons. The third-order valence-electron chi connectivity index (χ3n) is 3.36. The Morgan fingerprint density at radius 3 is 2.94 bits per heavy atom. The highest BCUT2D eigenvalue weighted by Gasteiger charge is 2.42. The number of carbonyl (C=O) groups is 2. The number of rotatable bonds is 1. The molecule has 0 bridgehead atoms. The topological polar surface area (TPSA) is 72.6 Å². The zero-order chi connectivity index (χ0) is 12.4. The smallest absolute Gasteiger partial charge is 0.328 e. The Kier molecular flexibility index (Phi) is 3.93. The van der Waals surface area contributed by atoms with Gasteiger partial charge < -0.3 is 15.4 Å². The molecule has 0 spiro atoms. The third kappa shape index (κ3) is 2.42. The molecule has 0 aliphatic carbocycles. The number of methoxy groups -OCH3 is 1. The van der Waals surface area contributed by atoms with Gasteiger partial charge in [0.05, 0.1) is 18.5 Å². The van der Waals surface area contributed by atoms with Crippen LogP contribution in [0.4, 0.5) is 0 Å². The van der Waals surface area contributed by atoms with Crippen molar-refractivity contribution < 1.29 is 14.3 Å². The van der Waals surface area contributed by atoms with E-state index < -0.39 is 12.1 Å². The minimum atomic E-state index is -0.474. The highest BCUT2D eigenvalue weighted by atomic mass is 32.2. The Hall–Kier alpha value is -0.750. The third-order valence-corrected chi connectivity index (χ3v) is 4.68. The second kappa shape index (κ2) is 5.27. The van der Waals surface area contributed by atoms with Crippen molar-refractivity contribution in [3.8, 4) is 0 Å². The summed E-state index contributed by atoms with van der Waals surface area (Å²) in [6.45, 7) is 0. The van der Waals surface area contributed by atoms with E-state index in [2.05, 4.69) is 0 Å². The maximum atomic E-state index is 12.2. The largest absolute Gasteiger partial charge is 0.467 e. The molecule has 2 unspecified atom stereocenters. The molecular weight excluding hydrogens is 240 g/mol. The molecular formula is C11H18N2O3S. The van der Waals surface area contributed by atoms with Gasteiger partial charge in [0.25, 0.3) is 0 Å². The number of nitrogens with two attached hydrogens (primary N) is 1. The Morgan fingerprint density at radius 2 is 2.24 bits per heavy atom. The molecule has 0 saturated carbocycles. The molecule has 2 aliphatic heterocycles. The minimum Gasteiger partial charge on any atom is -0.467 e. The average molecular weight is 258 g/mol. The first-order valence-corrected chi connectivity index (χ1v) is 6.97. The number of ether oxygens (including phenoxy) is 1. The van der Waals surface area contributed by atoms with Crippen LogP contribution in [0.2, 0.25) is 0 Å². The van der Waals surface area contributed by atoms with E-state index in [-0.39, 0.29) is 17.3 Å². The molecule has 96 valence electrons. The summed E-state index contributed by atoms with van der Waals surface area (Å²) < 4.78 is 4.78. The number of esters is 1. The maximum absolute atomic E-state index is 12.2. The maximum Gasteiger partial charge on any atom is 0.328 e. The quantitative estimate of drug-likeness (QED) is 0.686. The van der Waals surface area contributed by atoms with Gasteiger partial charge in [-0.2, -0.15) is 0 Å². The summed E-state index contributed by atoms with van der Waals surface area (Å²) in [4.78, 5) is 25.6. The lowest BCUT2D eigenvalue weighted by Gasteiger charge is -2.39. The average Bonchev–Trinajstić information content (AvgIpc) is 2.49. The SMILES string of the molecule is COC(=O)C1CCC[C@H]2SCCC(N)C(=O)N12. The Morgan fingerprint density at radius 1 is 1.47 bits per heavy atom. The van der Waals surface area contributed by atoms with Crippen LogP contribution >= 0.6 is 11.8 Å². The summed E-state index contributed by atoms with van der Waals surface area (Å²) in [5, 5.41) is 0.0916. The molecule has 0 aromatic rings. The van der Waals surface area contributed by atoms with Crippen LogP contribution in [0.15, 0.2) is 0 Å². The highest BCUT2D eigenvalue weighted by Crippen LogP contribution is 2.34. The van der Waals surface area contributed by atoms with Crippen molar-refractivity contribution in [2.24, 2.45) is 5.73 Å². The molecule has 17 heavy (non-hydrogen) atoms. The van der Waals surface area contributed by atoms with Gasteiger partial charge in [0, 0.05) is 0 Å². The number of hydrogen-bond acceptors (Lipinski definition) is 5. The summed E-state index contributed by atoms with van der Waals surface area (Å²) in [6, 6.07) is -0.916. The zero-order valence-electron chi connectivity index (χ0n) is 9.93. The molecule has 0 aromatic heterocycles. The number of amides is 1. The van der Waals surface area contributed by atoms with Gasteiger partial charge in [-0.3, -0.25) is 4.79 Å². The van der Waals surface area contributed by atoms with E-state index >= 15 is 0 Å². The van der Waals surface area contributed by atoms with Gasteiger partial charge in [-0.15, -0.1) is 11.8 Å². The first kappa shape index (κ1) is 12.7. The van der Waals surface area contributed by atoms with Gasteiger partial charge >= 0.3 is 5.97 Å². The lowest BCUT2D eigenvalue weighted by atomic mass is 10.0. The Labute approximate surface area is 105 Å². The van der Waals surface area contributed by atoms with Crippen molar-refractivity contribution >= 4 is 23.6 Å². The predicted octanol–water partition coefficient (Wildman–Crippen LogP) is 0.331. The first-order valence-electron chi connectivity index (χ1n) is 5.92. The van der Waals surface area contributed by atoms with Crippen LogP contribution in [0, 0.1) is 0 Å². The molecule has 2 aliphatic rings. The van der Waals surface area contributed by atoms with Crippen molar-refractivity contribution in [2.75, 3.05) is 12.9 Å². The highest BCUT2D eigenvalue weighted by molar-refractivity contribution is 7.99. The fourth-order valence-corrected chi connectivity index (χ4v) is 3.84. The van der Waals surface area contributed by atoms with Crippen LogP contribution in [0.5, 0.6) is 0 Å². The number of nitrogens with zero attached hydrogens (tertiary/aromatic N) is 1. The number of thioether (sulfide) groups is 1. The van der Waals surface area contributed by atoms with Crippen LogP contribution in [0.25, 0.3) is 0 Å². The van der Waals surface area contributed by atoms with Crippen molar-refractivity contribution in [3.05, 3.63) is 0 Å². The summed E-state index contributed by atoms with van der Waals surface area (Å²) in [5.74, 6) is 0.454. The minimum absolute atomic E-state index is 0.0916. The van der Waals surface area contributed by atoms with Gasteiger partial charge in [-0.1, -0.05) is 0 Å². The van der Waals surface area contributed by atoms with E-state index in [0.717, 1.165) is 18.6 Å². The van der Waals surface area contributed by atoms with E-state index in [1.54, 1.807) is 16.7 Å². The predicted molar refractivity (Wildman–Crippen MR) is 65.3 cm³/mol. The second-order valence-corrected chi connectivity index (χ2v) is 5.72. The van der Waals surface area contributed by atoms with E-state index in [0.29, 0.717) is 12.8 Å². The molecule has 5 nitrogen and oxygen atoms in total. The molecule has 3 atom stereocenters. The van der Waals surface area contributed by atoms with Crippen LogP contribution < -0.4 is 5.73 Å². The summed E-state index contributed by atoms with van der Waals surface area (Å²) in [7, 11) is 1.36. The molecule has 2 N–H and O–H groups in total. The standard InChI is InChI=1S/C11H18N2O3S/c1-16-11(15)8-3-2-4-9-13(8)10(14)7(12)5-6-17-9/h7-9H,2-6,12H2,1H3/t7?,8?,9-/m1/s1. The first-order chi connectivity index (χ1) is 8.15. The molecule has 0 aromatic carbocycles. The van der Waals surface area contributed by atoms with Crippen LogP contribution in [-0.2, 0) is 14.3 Å². The van der Waals surface area contributed by atoms with Gasteiger partial charge in [0.15, 0.2) is 0 Å². The number of piperidine rings is 1. The lowest BCUT2D eigenvalue weighted by Crippen LogP contribution is -2.55. The molecule has 1 amide bonds. The molecule has 2 rings (SSSR count). The van der Waals surface area contributed by atoms with Gasteiger partial charge in [-0.25, -0.2) is 4.79 Å². The monoisotopic (exact) mass is 258 g/mol. The zero-order valence-corrected chi connectivity index (χ0v) is 10.7. The van der Waals surface area contributed by atoms with Crippen LogP contribution in [-0.4, -0.2) is 47.1 Å². The number of hydrogen-bond donors (Lipinski definition) is 1. The lowest BCUT2D eigenvalue weighted by molar-refractivity contribution is -0.155. The molecule has 2 fully saturated rings. The fraction of sp³-hybridized carbons (Fsp3) is 0.818. The van der Waals surface area contributed by atoms with E-state index in [1.807, 2.05) is 0 Å². The normalized spacial score (nSPS) is 33.9. The molecule has 2 saturated heterocycles. The van der Waals surface area contributed by atoms with E-state index in [4.69, 9.17) is 10.5 Å². The number of fused-ring (bicyclic) bond motifs is 1. The van der Waals surface area contributed by atoms with Crippen molar-refractivity contribution in [1.82, 2.24) is 4.90 Å². The Bertz CT molecular complexity index is 324. The van der Waals surface area contributed by atoms with Gasteiger partial charge in [0.2, 0.25) is 5.91 Å². The van der Waals surface area contributed by atoms with E-state index in [9.17, 15) is 9.59 Å². The number of carbonyl (C=O) groups excluding carboxylic acids is 2.